The van der Waals surface area contributed by atoms with Gasteiger partial charge < -0.3 is 18.9 Å². The Morgan fingerprint density at radius 2 is 1.76 bits per heavy atom. The number of fused-ring (bicyclic) bond motifs is 1. The van der Waals surface area contributed by atoms with E-state index in [4.69, 9.17) is 25.6 Å². The highest BCUT2D eigenvalue weighted by molar-refractivity contribution is 6.66. The minimum atomic E-state index is -0.455. The van der Waals surface area contributed by atoms with Gasteiger partial charge >= 0.3 is 7.12 Å². The number of hydrogen-bond donors (Lipinski definition) is 0. The molecule has 0 unspecified atom stereocenters. The molecule has 0 N–H and O–H groups in total. The first-order valence-corrected chi connectivity index (χ1v) is 7.63. The molecule has 114 valence electrons. The normalized spacial score (nSPS) is 23.0. The van der Waals surface area contributed by atoms with Gasteiger partial charge in [-0.1, -0.05) is 17.7 Å². The van der Waals surface area contributed by atoms with Gasteiger partial charge in [-0.3, -0.25) is 0 Å². The predicted octanol–water partition coefficient (Wildman–Crippen LogP) is 2.47. The number of anilines is 1. The summed E-state index contributed by atoms with van der Waals surface area (Å²) in [6.07, 6.45) is 0. The van der Waals surface area contributed by atoms with Gasteiger partial charge in [0.05, 0.1) is 28.5 Å². The first-order valence-electron chi connectivity index (χ1n) is 7.25. The number of ether oxygens (including phenoxy) is 1. The summed E-state index contributed by atoms with van der Waals surface area (Å²) in [5, 5.41) is 0.646. The van der Waals surface area contributed by atoms with Crippen molar-refractivity contribution in [2.24, 2.45) is 0 Å². The molecular weight excluding hydrogens is 288 g/mol. The van der Waals surface area contributed by atoms with Gasteiger partial charge in [0.2, 0.25) is 0 Å². The molecule has 0 aromatic heterocycles. The number of rotatable bonds is 1. The number of nitrogens with zero attached hydrogens (tertiary/aromatic N) is 1. The molecule has 1 fully saturated rings. The molecule has 0 spiro atoms. The van der Waals surface area contributed by atoms with Crippen molar-refractivity contribution in [3.05, 3.63) is 17.2 Å². The van der Waals surface area contributed by atoms with Crippen LogP contribution in [0.4, 0.5) is 5.69 Å². The maximum atomic E-state index is 6.61. The molecule has 0 saturated carbocycles. The summed E-state index contributed by atoms with van der Waals surface area (Å²) >= 11 is 6.61. The minimum absolute atomic E-state index is 0.376. The van der Waals surface area contributed by atoms with E-state index in [0.29, 0.717) is 11.6 Å². The molecule has 0 bridgehead atoms. The van der Waals surface area contributed by atoms with Crippen LogP contribution in [0.25, 0.3) is 0 Å². The quantitative estimate of drug-likeness (QED) is 0.746. The number of hydrogen-bond acceptors (Lipinski definition) is 4. The summed E-state index contributed by atoms with van der Waals surface area (Å²) in [7, 11) is 1.56. The van der Waals surface area contributed by atoms with Gasteiger partial charge in [0.15, 0.2) is 0 Å². The average Bonchev–Trinajstić information content (AvgIpc) is 2.58. The Hall–Kier alpha value is -0.905. The van der Waals surface area contributed by atoms with Crippen molar-refractivity contribution in [3.8, 4) is 5.75 Å². The third kappa shape index (κ3) is 2.32. The lowest BCUT2D eigenvalue weighted by Gasteiger charge is -2.32. The van der Waals surface area contributed by atoms with Crippen molar-refractivity contribution in [1.82, 2.24) is 0 Å². The van der Waals surface area contributed by atoms with E-state index in [1.54, 1.807) is 0 Å². The summed E-state index contributed by atoms with van der Waals surface area (Å²) < 4.78 is 17.8. The minimum Gasteiger partial charge on any atom is -0.490 e. The molecule has 21 heavy (non-hydrogen) atoms. The molecule has 2 aliphatic heterocycles. The third-order valence-electron chi connectivity index (χ3n) is 4.68. The molecule has 1 saturated heterocycles. The van der Waals surface area contributed by atoms with E-state index in [-0.39, 0.29) is 11.2 Å². The molecule has 1 aromatic carbocycles. The Balaban J connectivity index is 2.00. The van der Waals surface area contributed by atoms with Gasteiger partial charge in [-0.15, -0.1) is 0 Å². The Labute approximate surface area is 131 Å². The van der Waals surface area contributed by atoms with E-state index < -0.39 is 7.12 Å². The van der Waals surface area contributed by atoms with Crippen LogP contribution in [0, 0.1) is 0 Å². The van der Waals surface area contributed by atoms with Crippen LogP contribution in [0.3, 0.4) is 0 Å². The monoisotopic (exact) mass is 309 g/mol. The number of benzene rings is 1. The summed E-state index contributed by atoms with van der Waals surface area (Å²) in [6, 6.07) is 3.87. The van der Waals surface area contributed by atoms with Gasteiger partial charge in [0.1, 0.15) is 12.4 Å². The summed E-state index contributed by atoms with van der Waals surface area (Å²) in [6.45, 7) is 9.64. The maximum Gasteiger partial charge on any atom is 0.496 e. The van der Waals surface area contributed by atoms with Gasteiger partial charge in [-0.05, 0) is 33.8 Å². The van der Waals surface area contributed by atoms with Gasteiger partial charge in [0, 0.05) is 12.5 Å². The second-order valence-corrected chi connectivity index (χ2v) is 7.05. The second kappa shape index (κ2) is 4.80. The average molecular weight is 310 g/mol. The lowest BCUT2D eigenvalue weighted by Crippen LogP contribution is -2.41. The van der Waals surface area contributed by atoms with Crippen LogP contribution < -0.4 is 15.1 Å². The Bertz CT molecular complexity index is 560. The van der Waals surface area contributed by atoms with Crippen LogP contribution >= 0.6 is 11.6 Å². The van der Waals surface area contributed by atoms with Gasteiger partial charge in [-0.25, -0.2) is 0 Å². The molecule has 0 amide bonds. The molecule has 1 aromatic rings. The van der Waals surface area contributed by atoms with Crippen molar-refractivity contribution in [2.75, 3.05) is 25.1 Å². The Kier molecular flexibility index (Phi) is 3.43. The van der Waals surface area contributed by atoms with Crippen molar-refractivity contribution in [3.63, 3.8) is 0 Å². The Morgan fingerprint density at radius 3 is 2.38 bits per heavy atom. The molecule has 0 radical (unpaired) electrons. The third-order valence-corrected chi connectivity index (χ3v) is 5.08. The van der Waals surface area contributed by atoms with E-state index in [2.05, 4.69) is 4.90 Å². The predicted molar refractivity (Wildman–Crippen MR) is 85.9 cm³/mol. The van der Waals surface area contributed by atoms with Crippen molar-refractivity contribution >= 4 is 29.9 Å². The fourth-order valence-corrected chi connectivity index (χ4v) is 2.98. The van der Waals surface area contributed by atoms with Crippen molar-refractivity contribution < 1.29 is 14.0 Å². The standard InChI is InChI=1S/C15H21BClNO3/c1-14(2)15(3,4)21-16(20-14)10-6-7-11-13(12(10)17)18(5)8-9-19-11/h6-7H,8-9H2,1-5H3. The first kappa shape index (κ1) is 15.0. The molecule has 0 aliphatic carbocycles. The summed E-state index contributed by atoms with van der Waals surface area (Å²) in [4.78, 5) is 2.11. The molecular formula is C15H21BClNO3. The lowest BCUT2D eigenvalue weighted by atomic mass is 9.78. The zero-order valence-corrected chi connectivity index (χ0v) is 14.0. The van der Waals surface area contributed by atoms with E-state index in [1.807, 2.05) is 46.9 Å². The molecule has 0 atom stereocenters. The topological polar surface area (TPSA) is 30.9 Å². The summed E-state index contributed by atoms with van der Waals surface area (Å²) in [5.41, 5.74) is 1.01. The molecule has 2 heterocycles. The van der Waals surface area contributed by atoms with Crippen LogP contribution in [-0.4, -0.2) is 38.5 Å². The highest BCUT2D eigenvalue weighted by Crippen LogP contribution is 2.40. The molecule has 2 aliphatic rings. The smallest absolute Gasteiger partial charge is 0.490 e. The summed E-state index contributed by atoms with van der Waals surface area (Å²) in [5.74, 6) is 0.814. The van der Waals surface area contributed by atoms with E-state index in [9.17, 15) is 0 Å². The highest BCUT2D eigenvalue weighted by Gasteiger charge is 2.52. The van der Waals surface area contributed by atoms with Crippen LogP contribution in [-0.2, 0) is 9.31 Å². The maximum absolute atomic E-state index is 6.61. The molecule has 4 nitrogen and oxygen atoms in total. The van der Waals surface area contributed by atoms with Crippen molar-refractivity contribution in [1.29, 1.82) is 0 Å². The lowest BCUT2D eigenvalue weighted by molar-refractivity contribution is 0.00578. The van der Waals surface area contributed by atoms with Gasteiger partial charge in [-0.2, -0.15) is 0 Å². The Morgan fingerprint density at radius 1 is 1.14 bits per heavy atom. The SMILES string of the molecule is CN1CCOc2ccc(B3OC(C)(C)C(C)(C)O3)c(Cl)c21. The zero-order valence-electron chi connectivity index (χ0n) is 13.2. The number of halogens is 1. The molecule has 3 rings (SSSR count). The van der Waals surface area contributed by atoms with Gasteiger partial charge in [0.25, 0.3) is 0 Å². The van der Waals surface area contributed by atoms with E-state index in [1.165, 1.54) is 0 Å². The van der Waals surface area contributed by atoms with Crippen LogP contribution in [0.1, 0.15) is 27.7 Å². The second-order valence-electron chi connectivity index (χ2n) is 6.67. The fraction of sp³-hybridized carbons (Fsp3) is 0.600. The van der Waals surface area contributed by atoms with E-state index >= 15 is 0 Å². The largest absolute Gasteiger partial charge is 0.496 e. The zero-order chi connectivity index (χ0) is 15.4. The van der Waals surface area contributed by atoms with Crippen molar-refractivity contribution in [2.45, 2.75) is 38.9 Å². The first-order chi connectivity index (χ1) is 9.73. The van der Waals surface area contributed by atoms with E-state index in [0.717, 1.165) is 23.4 Å². The van der Waals surface area contributed by atoms with Crippen LogP contribution in [0.15, 0.2) is 12.1 Å². The highest BCUT2D eigenvalue weighted by atomic mass is 35.5. The molecule has 6 heteroatoms. The van der Waals surface area contributed by atoms with Crippen LogP contribution in [0.5, 0.6) is 5.75 Å². The number of likely N-dealkylation sites (N-methyl/N-ethyl adjacent to an activating group) is 1. The van der Waals surface area contributed by atoms with Crippen LogP contribution in [0.2, 0.25) is 5.02 Å². The fourth-order valence-electron chi connectivity index (χ4n) is 2.59.